The van der Waals surface area contributed by atoms with E-state index in [0.717, 1.165) is 34.8 Å². The molecule has 1 aliphatic rings. The van der Waals surface area contributed by atoms with Gasteiger partial charge < -0.3 is 9.47 Å². The van der Waals surface area contributed by atoms with E-state index < -0.39 is 0 Å². The molecule has 1 fully saturated rings. The summed E-state index contributed by atoms with van der Waals surface area (Å²) in [6.45, 7) is 3.21. The summed E-state index contributed by atoms with van der Waals surface area (Å²) in [7, 11) is 0. The highest BCUT2D eigenvalue weighted by atomic mass is 79.9. The highest BCUT2D eigenvalue weighted by molar-refractivity contribution is 9.10. The van der Waals surface area contributed by atoms with Crippen LogP contribution in [0.1, 0.15) is 0 Å². The number of hydrogen-bond donors (Lipinski definition) is 0. The van der Waals surface area contributed by atoms with Crippen molar-refractivity contribution in [3.63, 3.8) is 0 Å². The molecule has 2 aromatic heterocycles. The first kappa shape index (κ1) is 12.3. The zero-order chi connectivity index (χ0) is 13.5. The number of rotatable bonds is 3. The monoisotopic (exact) mass is 348 g/mol. The fourth-order valence-electron chi connectivity index (χ4n) is 2.56. The molecule has 1 saturated heterocycles. The third kappa shape index (κ3) is 2.23. The fraction of sp³-hybridized carbons (Fsp3) is 0.286. The van der Waals surface area contributed by atoms with Crippen molar-refractivity contribution in [1.82, 2.24) is 14.5 Å². The zero-order valence-corrected chi connectivity index (χ0v) is 13.1. The van der Waals surface area contributed by atoms with Gasteiger partial charge in [0.2, 0.25) is 0 Å². The van der Waals surface area contributed by atoms with Gasteiger partial charge in [-0.2, -0.15) is 0 Å². The molecule has 0 saturated carbocycles. The smallest absolute Gasteiger partial charge is 0.186 e. The Morgan fingerprint density at radius 3 is 3.05 bits per heavy atom. The van der Waals surface area contributed by atoms with Gasteiger partial charge in [0.05, 0.1) is 16.5 Å². The number of benzene rings is 1. The minimum absolute atomic E-state index is 0.697. The third-order valence-electron chi connectivity index (χ3n) is 3.60. The van der Waals surface area contributed by atoms with E-state index in [1.807, 2.05) is 24.8 Å². The van der Waals surface area contributed by atoms with E-state index in [9.17, 15) is 0 Å². The molecule has 6 heteroatoms. The molecule has 0 N–H and O–H groups in total. The van der Waals surface area contributed by atoms with Crippen molar-refractivity contribution < 1.29 is 0 Å². The van der Waals surface area contributed by atoms with Gasteiger partial charge >= 0.3 is 0 Å². The highest BCUT2D eigenvalue weighted by Crippen LogP contribution is 2.34. The molecular weight excluding hydrogens is 336 g/mol. The van der Waals surface area contributed by atoms with Gasteiger partial charge in [0, 0.05) is 42.4 Å². The second kappa shape index (κ2) is 4.86. The Labute approximate surface area is 129 Å². The first-order valence-corrected chi connectivity index (χ1v) is 8.16. The van der Waals surface area contributed by atoms with Crippen LogP contribution in [0.25, 0.3) is 10.2 Å². The predicted molar refractivity (Wildman–Crippen MR) is 85.3 cm³/mol. The molecule has 0 unspecified atom stereocenters. The molecule has 20 heavy (non-hydrogen) atoms. The number of nitrogens with zero attached hydrogens (tertiary/aromatic N) is 4. The molecule has 0 bridgehead atoms. The Morgan fingerprint density at radius 2 is 2.25 bits per heavy atom. The molecule has 0 aliphatic carbocycles. The van der Waals surface area contributed by atoms with Crippen LogP contribution in [0.2, 0.25) is 0 Å². The summed E-state index contributed by atoms with van der Waals surface area (Å²) >= 11 is 5.28. The predicted octanol–water partition coefficient (Wildman–Crippen LogP) is 3.39. The average Bonchev–Trinajstić information content (AvgIpc) is 3.01. The number of thiazole rings is 1. The summed E-state index contributed by atoms with van der Waals surface area (Å²) in [6.07, 6.45) is 5.75. The van der Waals surface area contributed by atoms with Gasteiger partial charge in [-0.25, -0.2) is 9.97 Å². The average molecular weight is 349 g/mol. The quantitative estimate of drug-likeness (QED) is 0.727. The van der Waals surface area contributed by atoms with Crippen LogP contribution in [-0.2, 0) is 6.54 Å². The number of imidazole rings is 1. The Balaban J connectivity index is 1.46. The van der Waals surface area contributed by atoms with Crippen LogP contribution in [0, 0.1) is 5.92 Å². The van der Waals surface area contributed by atoms with Crippen LogP contribution >= 0.6 is 27.3 Å². The Hall–Kier alpha value is -1.40. The van der Waals surface area contributed by atoms with Crippen molar-refractivity contribution in [2.75, 3.05) is 18.0 Å². The van der Waals surface area contributed by atoms with E-state index >= 15 is 0 Å². The zero-order valence-electron chi connectivity index (χ0n) is 10.7. The van der Waals surface area contributed by atoms with Gasteiger partial charge in [0.1, 0.15) is 0 Å². The molecule has 3 aromatic rings. The maximum Gasteiger partial charge on any atom is 0.186 e. The lowest BCUT2D eigenvalue weighted by Crippen LogP contribution is -2.48. The Morgan fingerprint density at radius 1 is 1.35 bits per heavy atom. The van der Waals surface area contributed by atoms with Crippen LogP contribution in [0.5, 0.6) is 0 Å². The van der Waals surface area contributed by atoms with Gasteiger partial charge in [-0.05, 0) is 18.2 Å². The molecule has 0 atom stereocenters. The molecule has 0 spiro atoms. The van der Waals surface area contributed by atoms with E-state index in [1.165, 1.54) is 4.70 Å². The first-order valence-electron chi connectivity index (χ1n) is 6.55. The minimum Gasteiger partial charge on any atom is -0.347 e. The molecule has 0 amide bonds. The number of aromatic nitrogens is 3. The van der Waals surface area contributed by atoms with E-state index in [-0.39, 0.29) is 0 Å². The van der Waals surface area contributed by atoms with Crippen molar-refractivity contribution in [1.29, 1.82) is 0 Å². The normalized spacial score (nSPS) is 15.8. The molecule has 1 aromatic carbocycles. The lowest BCUT2D eigenvalue weighted by atomic mass is 10.0. The fourth-order valence-corrected chi connectivity index (χ4v) is 4.09. The topological polar surface area (TPSA) is 34.0 Å². The number of anilines is 1. The highest BCUT2D eigenvalue weighted by Gasteiger charge is 2.29. The molecule has 0 radical (unpaired) electrons. The van der Waals surface area contributed by atoms with E-state index in [4.69, 9.17) is 4.98 Å². The van der Waals surface area contributed by atoms with E-state index in [1.54, 1.807) is 11.3 Å². The van der Waals surface area contributed by atoms with Gasteiger partial charge in [-0.1, -0.05) is 27.3 Å². The maximum absolute atomic E-state index is 4.71. The van der Waals surface area contributed by atoms with E-state index in [2.05, 4.69) is 42.5 Å². The van der Waals surface area contributed by atoms with Crippen LogP contribution in [0.3, 0.4) is 0 Å². The van der Waals surface area contributed by atoms with Gasteiger partial charge in [-0.15, -0.1) is 0 Å². The Kier molecular flexibility index (Phi) is 3.00. The van der Waals surface area contributed by atoms with Crippen LogP contribution in [-0.4, -0.2) is 27.6 Å². The third-order valence-corrected chi connectivity index (χ3v) is 5.17. The maximum atomic E-state index is 4.71. The minimum atomic E-state index is 0.697. The molecule has 102 valence electrons. The molecule has 1 aliphatic heterocycles. The van der Waals surface area contributed by atoms with Crippen molar-refractivity contribution in [3.05, 3.63) is 41.4 Å². The second-order valence-corrected chi connectivity index (χ2v) is 7.06. The summed E-state index contributed by atoms with van der Waals surface area (Å²) in [5.74, 6) is 0.697. The standard InChI is InChI=1S/C14H13BrN4S/c15-11-1-2-12-13(5-11)20-14(17-12)19-7-10(8-19)6-18-4-3-16-9-18/h1-5,9-10H,6-8H2. The lowest BCUT2D eigenvalue weighted by molar-refractivity contribution is 0.357. The first-order chi connectivity index (χ1) is 9.78. The van der Waals surface area contributed by atoms with Crippen LogP contribution in [0.4, 0.5) is 5.13 Å². The van der Waals surface area contributed by atoms with Crippen molar-refractivity contribution in [2.24, 2.45) is 5.92 Å². The summed E-state index contributed by atoms with van der Waals surface area (Å²) < 4.78 is 4.51. The summed E-state index contributed by atoms with van der Waals surface area (Å²) in [6, 6.07) is 6.26. The van der Waals surface area contributed by atoms with Gasteiger partial charge in [-0.3, -0.25) is 0 Å². The molecular formula is C14H13BrN4S. The number of fused-ring (bicyclic) bond motifs is 1. The van der Waals surface area contributed by atoms with Crippen molar-refractivity contribution >= 4 is 42.6 Å². The van der Waals surface area contributed by atoms with E-state index in [0.29, 0.717) is 5.92 Å². The van der Waals surface area contributed by atoms with Crippen molar-refractivity contribution in [2.45, 2.75) is 6.54 Å². The van der Waals surface area contributed by atoms with Crippen LogP contribution in [0.15, 0.2) is 41.4 Å². The van der Waals surface area contributed by atoms with Gasteiger partial charge in [0.15, 0.2) is 5.13 Å². The number of hydrogen-bond acceptors (Lipinski definition) is 4. The molecule has 4 nitrogen and oxygen atoms in total. The lowest BCUT2D eigenvalue weighted by Gasteiger charge is -2.39. The second-order valence-electron chi connectivity index (χ2n) is 5.14. The summed E-state index contributed by atoms with van der Waals surface area (Å²) in [4.78, 5) is 11.2. The summed E-state index contributed by atoms with van der Waals surface area (Å²) in [5.41, 5.74) is 1.09. The SMILES string of the molecule is Brc1ccc2nc(N3CC(Cn4ccnc4)C3)sc2c1. The number of halogens is 1. The van der Waals surface area contributed by atoms with Gasteiger partial charge in [0.25, 0.3) is 0 Å². The van der Waals surface area contributed by atoms with Crippen LogP contribution < -0.4 is 4.90 Å². The summed E-state index contributed by atoms with van der Waals surface area (Å²) in [5, 5.41) is 1.14. The molecule has 4 rings (SSSR count). The molecule has 3 heterocycles. The Bertz CT molecular complexity index is 731. The van der Waals surface area contributed by atoms with Crippen molar-refractivity contribution in [3.8, 4) is 0 Å². The largest absolute Gasteiger partial charge is 0.347 e.